The topological polar surface area (TPSA) is 36.7 Å². The molecule has 26 heavy (non-hydrogen) atoms. The number of fused-ring (bicyclic) bond motifs is 4. The maximum absolute atomic E-state index is 13.1. The minimum absolute atomic E-state index is 0.473. The van der Waals surface area contributed by atoms with Gasteiger partial charge in [-0.2, -0.15) is 22.8 Å². The molecule has 0 saturated carbocycles. The molecule has 136 valence electrons. The van der Waals surface area contributed by atoms with E-state index in [1.54, 1.807) is 16.8 Å². The zero-order valence-corrected chi connectivity index (χ0v) is 14.1. The fraction of sp³-hybridized carbons (Fsp3) is 0.444. The smallest absolute Gasteiger partial charge is 0.338 e. The van der Waals surface area contributed by atoms with E-state index in [2.05, 4.69) is 19.9 Å². The third kappa shape index (κ3) is 2.43. The largest absolute Gasteiger partial charge is 0.416 e. The number of alkyl halides is 3. The van der Waals surface area contributed by atoms with Crippen molar-refractivity contribution in [3.8, 4) is 0 Å². The summed E-state index contributed by atoms with van der Waals surface area (Å²) >= 11 is 0. The Balaban J connectivity index is 1.63. The monoisotopic (exact) mass is 361 g/mol. The molecule has 1 atom stereocenters. The lowest BCUT2D eigenvalue weighted by Gasteiger charge is -2.38. The van der Waals surface area contributed by atoms with Crippen LogP contribution in [-0.4, -0.2) is 51.7 Å². The standard InChI is InChI=1S/C18H18F3N5/c19-18(20,21)12-3-4-15-14(10-12)16-5-6-22-26(16)17(23-15)25-9-8-24-7-1-2-13(24)11-25/h3-6,10,13H,1-2,7-9,11H2. The van der Waals surface area contributed by atoms with Gasteiger partial charge >= 0.3 is 6.18 Å². The molecule has 2 aliphatic heterocycles. The Morgan fingerprint density at radius 3 is 2.81 bits per heavy atom. The lowest BCUT2D eigenvalue weighted by molar-refractivity contribution is -0.137. The van der Waals surface area contributed by atoms with Crippen LogP contribution in [-0.2, 0) is 6.18 Å². The van der Waals surface area contributed by atoms with Crippen LogP contribution in [0.25, 0.3) is 16.4 Å². The molecule has 4 heterocycles. The van der Waals surface area contributed by atoms with Gasteiger partial charge in [0, 0.05) is 31.1 Å². The molecule has 8 heteroatoms. The molecule has 5 nitrogen and oxygen atoms in total. The van der Waals surface area contributed by atoms with Crippen molar-refractivity contribution in [1.29, 1.82) is 0 Å². The Morgan fingerprint density at radius 2 is 1.96 bits per heavy atom. The minimum Gasteiger partial charge on any atom is -0.338 e. The van der Waals surface area contributed by atoms with Gasteiger partial charge in [-0.25, -0.2) is 4.98 Å². The van der Waals surface area contributed by atoms with E-state index >= 15 is 0 Å². The molecule has 2 saturated heterocycles. The van der Waals surface area contributed by atoms with Crippen LogP contribution in [0.15, 0.2) is 30.5 Å². The van der Waals surface area contributed by atoms with Gasteiger partial charge in [-0.1, -0.05) is 0 Å². The van der Waals surface area contributed by atoms with Gasteiger partial charge in [0.15, 0.2) is 0 Å². The second-order valence-corrected chi connectivity index (χ2v) is 7.05. The number of benzene rings is 1. The molecule has 1 aromatic carbocycles. The van der Waals surface area contributed by atoms with E-state index in [0.717, 1.165) is 38.3 Å². The molecule has 2 fully saturated rings. The van der Waals surface area contributed by atoms with Crippen LogP contribution in [0.1, 0.15) is 18.4 Å². The number of rotatable bonds is 1. The van der Waals surface area contributed by atoms with Crippen molar-refractivity contribution >= 4 is 22.4 Å². The van der Waals surface area contributed by atoms with Gasteiger partial charge in [-0.05, 0) is 43.7 Å². The SMILES string of the molecule is FC(F)(F)c1ccc2nc(N3CCN4CCCC4C3)n3nccc3c2c1. The Kier molecular flexibility index (Phi) is 3.40. The van der Waals surface area contributed by atoms with Crippen molar-refractivity contribution in [2.45, 2.75) is 25.1 Å². The van der Waals surface area contributed by atoms with E-state index in [0.29, 0.717) is 28.4 Å². The fourth-order valence-electron chi connectivity index (χ4n) is 4.21. The van der Waals surface area contributed by atoms with Crippen molar-refractivity contribution in [1.82, 2.24) is 19.5 Å². The number of anilines is 1. The number of hydrogen-bond acceptors (Lipinski definition) is 4. The quantitative estimate of drug-likeness (QED) is 0.667. The number of piperazine rings is 1. The van der Waals surface area contributed by atoms with Crippen LogP contribution in [0, 0.1) is 0 Å². The van der Waals surface area contributed by atoms with Crippen molar-refractivity contribution in [2.75, 3.05) is 31.1 Å². The molecule has 3 aromatic rings. The molecule has 0 amide bonds. The summed E-state index contributed by atoms with van der Waals surface area (Å²) in [5.74, 6) is 0.712. The maximum atomic E-state index is 13.1. The second-order valence-electron chi connectivity index (χ2n) is 7.05. The molecule has 0 N–H and O–H groups in total. The fourth-order valence-corrected chi connectivity index (χ4v) is 4.21. The van der Waals surface area contributed by atoms with Crippen LogP contribution in [0.3, 0.4) is 0 Å². The lowest BCUT2D eigenvalue weighted by atomic mass is 10.1. The summed E-state index contributed by atoms with van der Waals surface area (Å²) in [6.07, 6.45) is -0.350. The van der Waals surface area contributed by atoms with Crippen LogP contribution in [0.5, 0.6) is 0 Å². The van der Waals surface area contributed by atoms with E-state index in [-0.39, 0.29) is 0 Å². The first-order chi connectivity index (χ1) is 12.5. The van der Waals surface area contributed by atoms with E-state index < -0.39 is 11.7 Å². The summed E-state index contributed by atoms with van der Waals surface area (Å²) in [6, 6.07) is 6.00. The summed E-state index contributed by atoms with van der Waals surface area (Å²) < 4.78 is 40.9. The van der Waals surface area contributed by atoms with Gasteiger partial charge < -0.3 is 4.90 Å². The Labute approximate surface area is 148 Å². The van der Waals surface area contributed by atoms with Crippen LogP contribution < -0.4 is 4.90 Å². The van der Waals surface area contributed by atoms with Crippen LogP contribution >= 0.6 is 0 Å². The Bertz CT molecular complexity index is 980. The molecule has 1 unspecified atom stereocenters. The summed E-state index contributed by atoms with van der Waals surface area (Å²) in [5.41, 5.74) is 0.557. The molecule has 2 aromatic heterocycles. The zero-order chi connectivity index (χ0) is 17.9. The average molecular weight is 361 g/mol. The zero-order valence-electron chi connectivity index (χ0n) is 14.1. The summed E-state index contributed by atoms with van der Waals surface area (Å²) in [7, 11) is 0. The van der Waals surface area contributed by atoms with E-state index in [1.165, 1.54) is 18.9 Å². The van der Waals surface area contributed by atoms with Crippen LogP contribution in [0.4, 0.5) is 19.1 Å². The number of hydrogen-bond donors (Lipinski definition) is 0. The van der Waals surface area contributed by atoms with Gasteiger partial charge in [0.2, 0.25) is 5.95 Å². The highest BCUT2D eigenvalue weighted by Crippen LogP contribution is 2.33. The van der Waals surface area contributed by atoms with Gasteiger partial charge in [0.25, 0.3) is 0 Å². The third-order valence-corrected chi connectivity index (χ3v) is 5.52. The highest BCUT2D eigenvalue weighted by atomic mass is 19.4. The summed E-state index contributed by atoms with van der Waals surface area (Å²) in [5, 5.41) is 4.81. The maximum Gasteiger partial charge on any atom is 0.416 e. The molecular weight excluding hydrogens is 343 g/mol. The highest BCUT2D eigenvalue weighted by Gasteiger charge is 2.33. The van der Waals surface area contributed by atoms with Gasteiger partial charge in [0.05, 0.1) is 22.8 Å². The first kappa shape index (κ1) is 15.9. The number of nitrogens with zero attached hydrogens (tertiary/aromatic N) is 5. The Morgan fingerprint density at radius 1 is 1.08 bits per heavy atom. The summed E-state index contributed by atoms with van der Waals surface area (Å²) in [4.78, 5) is 9.40. The molecule has 5 rings (SSSR count). The van der Waals surface area contributed by atoms with Crippen LogP contribution in [0.2, 0.25) is 0 Å². The Hall–Kier alpha value is -2.35. The molecule has 0 spiro atoms. The molecular formula is C18H18F3N5. The van der Waals surface area contributed by atoms with Gasteiger partial charge in [0.1, 0.15) is 0 Å². The predicted octanol–water partition coefficient (Wildman–Crippen LogP) is 3.19. The van der Waals surface area contributed by atoms with E-state index in [1.807, 2.05) is 0 Å². The summed E-state index contributed by atoms with van der Waals surface area (Å²) in [6.45, 7) is 3.87. The van der Waals surface area contributed by atoms with Crippen molar-refractivity contribution < 1.29 is 13.2 Å². The number of halogens is 3. The third-order valence-electron chi connectivity index (χ3n) is 5.52. The molecule has 0 bridgehead atoms. The number of aromatic nitrogens is 3. The van der Waals surface area contributed by atoms with Crippen molar-refractivity contribution in [3.05, 3.63) is 36.0 Å². The normalized spacial score (nSPS) is 21.7. The molecule has 0 radical (unpaired) electrons. The predicted molar refractivity (Wildman–Crippen MR) is 92.3 cm³/mol. The lowest BCUT2D eigenvalue weighted by Crippen LogP contribution is -2.51. The second kappa shape index (κ2) is 5.57. The first-order valence-corrected chi connectivity index (χ1v) is 8.84. The molecule has 0 aliphatic carbocycles. The minimum atomic E-state index is -4.37. The molecule has 2 aliphatic rings. The van der Waals surface area contributed by atoms with E-state index in [4.69, 9.17) is 0 Å². The van der Waals surface area contributed by atoms with Crippen molar-refractivity contribution in [2.24, 2.45) is 0 Å². The van der Waals surface area contributed by atoms with E-state index in [9.17, 15) is 13.2 Å². The first-order valence-electron chi connectivity index (χ1n) is 8.84. The highest BCUT2D eigenvalue weighted by molar-refractivity contribution is 5.95. The van der Waals surface area contributed by atoms with Crippen molar-refractivity contribution in [3.63, 3.8) is 0 Å². The average Bonchev–Trinajstić information content (AvgIpc) is 3.28. The van der Waals surface area contributed by atoms with Gasteiger partial charge in [-0.15, -0.1) is 0 Å². The van der Waals surface area contributed by atoms with Gasteiger partial charge in [-0.3, -0.25) is 4.90 Å².